The minimum Gasteiger partial charge on any atom is -0.487 e. The van der Waals surface area contributed by atoms with Crippen molar-refractivity contribution in [3.63, 3.8) is 0 Å². The Hall–Kier alpha value is -2.49. The molecule has 1 aliphatic rings. The fourth-order valence-corrected chi connectivity index (χ4v) is 3.98. The highest BCUT2D eigenvalue weighted by Crippen LogP contribution is 2.42. The second-order valence-corrected chi connectivity index (χ2v) is 7.88. The van der Waals surface area contributed by atoms with E-state index in [4.69, 9.17) is 9.47 Å². The molecule has 0 fully saturated rings. The normalized spacial score (nSPS) is 18.5. The third-order valence-corrected chi connectivity index (χ3v) is 5.68. The van der Waals surface area contributed by atoms with Gasteiger partial charge in [0.05, 0.1) is 6.04 Å². The fourth-order valence-electron chi connectivity index (χ4n) is 3.98. The maximum absolute atomic E-state index is 12.9. The topological polar surface area (TPSA) is 47.6 Å². The van der Waals surface area contributed by atoms with Gasteiger partial charge < -0.3 is 14.8 Å². The number of hydrogen-bond acceptors (Lipinski definition) is 3. The van der Waals surface area contributed by atoms with Gasteiger partial charge in [-0.1, -0.05) is 38.1 Å². The summed E-state index contributed by atoms with van der Waals surface area (Å²) in [6.07, 6.45) is 1.99. The van der Waals surface area contributed by atoms with Crippen molar-refractivity contribution in [2.45, 2.75) is 71.6 Å². The van der Waals surface area contributed by atoms with Crippen LogP contribution in [0.4, 0.5) is 0 Å². The zero-order valence-corrected chi connectivity index (χ0v) is 17.5. The van der Waals surface area contributed by atoms with Crippen LogP contribution in [-0.2, 0) is 4.79 Å². The number of rotatable bonds is 6. The smallest absolute Gasteiger partial charge is 0.261 e. The summed E-state index contributed by atoms with van der Waals surface area (Å²) in [6.45, 7) is 10.1. The molecular formula is C24H31NO3. The number of nitrogens with one attached hydrogen (secondary N) is 1. The first-order valence-corrected chi connectivity index (χ1v) is 10.2. The van der Waals surface area contributed by atoms with E-state index in [9.17, 15) is 4.79 Å². The number of amides is 1. The van der Waals surface area contributed by atoms with Gasteiger partial charge in [-0.15, -0.1) is 0 Å². The average Bonchev–Trinajstić information content (AvgIpc) is 2.66. The first-order chi connectivity index (χ1) is 13.4. The zero-order chi connectivity index (χ0) is 20.3. The molecule has 28 heavy (non-hydrogen) atoms. The maximum Gasteiger partial charge on any atom is 0.261 e. The van der Waals surface area contributed by atoms with Gasteiger partial charge >= 0.3 is 0 Å². The lowest BCUT2D eigenvalue weighted by atomic mass is 9.83. The van der Waals surface area contributed by atoms with Crippen molar-refractivity contribution in [2.75, 3.05) is 0 Å². The Bertz CT molecular complexity index is 821. The van der Waals surface area contributed by atoms with E-state index in [1.807, 2.05) is 50.2 Å². The van der Waals surface area contributed by atoms with Gasteiger partial charge in [0, 0.05) is 12.0 Å². The molecule has 150 valence electrons. The molecule has 0 saturated carbocycles. The van der Waals surface area contributed by atoms with Crippen molar-refractivity contribution in [2.24, 2.45) is 0 Å². The molecule has 0 aliphatic carbocycles. The minimum absolute atomic E-state index is 0.0809. The van der Waals surface area contributed by atoms with Crippen molar-refractivity contribution in [1.29, 1.82) is 0 Å². The van der Waals surface area contributed by atoms with Gasteiger partial charge in [-0.3, -0.25) is 4.79 Å². The third kappa shape index (κ3) is 4.32. The molecule has 1 amide bonds. The summed E-state index contributed by atoms with van der Waals surface area (Å²) < 4.78 is 12.3. The van der Waals surface area contributed by atoms with Gasteiger partial charge in [0.2, 0.25) is 0 Å². The van der Waals surface area contributed by atoms with Gasteiger partial charge in [-0.25, -0.2) is 0 Å². The van der Waals surface area contributed by atoms with E-state index in [1.54, 1.807) is 6.92 Å². The molecule has 3 rings (SSSR count). The average molecular weight is 382 g/mol. The molecule has 0 aromatic heterocycles. The van der Waals surface area contributed by atoms with Gasteiger partial charge in [-0.05, 0) is 62.9 Å². The number of benzene rings is 2. The summed E-state index contributed by atoms with van der Waals surface area (Å²) in [5, 5.41) is 3.20. The van der Waals surface area contributed by atoms with Crippen LogP contribution >= 0.6 is 0 Å². The molecule has 4 heteroatoms. The number of carbonyl (C=O) groups excluding carboxylic acids is 1. The summed E-state index contributed by atoms with van der Waals surface area (Å²) in [6, 6.07) is 13.9. The summed E-state index contributed by atoms with van der Waals surface area (Å²) in [5.74, 6) is 1.48. The van der Waals surface area contributed by atoms with Crippen molar-refractivity contribution in [3.05, 3.63) is 59.2 Å². The largest absolute Gasteiger partial charge is 0.487 e. The van der Waals surface area contributed by atoms with Crippen molar-refractivity contribution >= 4 is 5.91 Å². The molecule has 0 unspecified atom stereocenters. The van der Waals surface area contributed by atoms with E-state index in [-0.39, 0.29) is 17.6 Å². The van der Waals surface area contributed by atoms with Crippen LogP contribution in [0.3, 0.4) is 0 Å². The van der Waals surface area contributed by atoms with Gasteiger partial charge in [-0.2, -0.15) is 0 Å². The van der Waals surface area contributed by atoms with Crippen LogP contribution in [0, 0.1) is 13.8 Å². The van der Waals surface area contributed by atoms with Crippen LogP contribution in [-0.4, -0.2) is 17.6 Å². The van der Waals surface area contributed by atoms with E-state index in [0.29, 0.717) is 0 Å². The number of fused-ring (bicyclic) bond motifs is 1. The van der Waals surface area contributed by atoms with Crippen LogP contribution in [0.5, 0.6) is 11.5 Å². The van der Waals surface area contributed by atoms with Crippen LogP contribution in [0.2, 0.25) is 0 Å². The van der Waals surface area contributed by atoms with Crippen molar-refractivity contribution in [1.82, 2.24) is 5.32 Å². The van der Waals surface area contributed by atoms with E-state index < -0.39 is 6.10 Å². The highest BCUT2D eigenvalue weighted by atomic mass is 16.5. The lowest BCUT2D eigenvalue weighted by Crippen LogP contribution is -2.46. The Morgan fingerprint density at radius 1 is 1.18 bits per heavy atom. The first-order valence-electron chi connectivity index (χ1n) is 10.2. The van der Waals surface area contributed by atoms with Crippen LogP contribution in [0.25, 0.3) is 0 Å². The molecular weight excluding hydrogens is 350 g/mol. The Labute approximate surface area is 168 Å². The Morgan fingerprint density at radius 3 is 2.46 bits per heavy atom. The minimum atomic E-state index is -0.575. The number of aryl methyl sites for hydroxylation is 2. The standard InChI is InChI=1S/C24H31NO3/c1-6-24(7-2)15-21(20-10-8-9-11-22(20)28-24)25-23(26)18(5)27-19-13-16(3)12-17(4)14-19/h8-14,18,21H,6-7,15H2,1-5H3,(H,25,26)/t18-,21-/m0/s1. The molecule has 0 bridgehead atoms. The number of carbonyl (C=O) groups is 1. The summed E-state index contributed by atoms with van der Waals surface area (Å²) in [5.41, 5.74) is 3.03. The zero-order valence-electron chi connectivity index (χ0n) is 17.5. The maximum atomic E-state index is 12.9. The Balaban J connectivity index is 1.76. The van der Waals surface area contributed by atoms with E-state index in [0.717, 1.165) is 47.5 Å². The molecule has 1 N–H and O–H groups in total. The second kappa shape index (κ2) is 8.26. The number of ether oxygens (including phenoxy) is 2. The lowest BCUT2D eigenvalue weighted by Gasteiger charge is -2.41. The van der Waals surface area contributed by atoms with E-state index in [1.165, 1.54) is 0 Å². The predicted octanol–water partition coefficient (Wildman–Crippen LogP) is 5.27. The summed E-state index contributed by atoms with van der Waals surface area (Å²) >= 11 is 0. The third-order valence-electron chi connectivity index (χ3n) is 5.68. The number of para-hydroxylation sites is 1. The molecule has 0 saturated heterocycles. The number of hydrogen-bond donors (Lipinski definition) is 1. The lowest BCUT2D eigenvalue weighted by molar-refractivity contribution is -0.128. The highest BCUT2D eigenvalue weighted by Gasteiger charge is 2.39. The molecule has 1 heterocycles. The van der Waals surface area contributed by atoms with Crippen LogP contribution in [0.15, 0.2) is 42.5 Å². The molecule has 0 radical (unpaired) electrons. The monoisotopic (exact) mass is 381 g/mol. The molecule has 2 aromatic rings. The summed E-state index contributed by atoms with van der Waals surface area (Å²) in [4.78, 5) is 12.9. The highest BCUT2D eigenvalue weighted by molar-refractivity contribution is 5.81. The van der Waals surface area contributed by atoms with Crippen LogP contribution in [0.1, 0.15) is 62.8 Å². The fraction of sp³-hybridized carbons (Fsp3) is 0.458. The van der Waals surface area contributed by atoms with Gasteiger partial charge in [0.25, 0.3) is 5.91 Å². The predicted molar refractivity (Wildman–Crippen MR) is 112 cm³/mol. The molecule has 2 atom stereocenters. The van der Waals surface area contributed by atoms with Crippen LogP contribution < -0.4 is 14.8 Å². The van der Waals surface area contributed by atoms with Crippen molar-refractivity contribution in [3.8, 4) is 11.5 Å². The SMILES string of the molecule is CCC1(CC)C[C@H](NC(=O)[C@H](C)Oc2cc(C)cc(C)c2)c2ccccc2O1. The van der Waals surface area contributed by atoms with E-state index >= 15 is 0 Å². The quantitative estimate of drug-likeness (QED) is 0.741. The van der Waals surface area contributed by atoms with Gasteiger partial charge in [0.1, 0.15) is 17.1 Å². The Morgan fingerprint density at radius 2 is 1.82 bits per heavy atom. The first kappa shape index (κ1) is 20.2. The molecule has 2 aromatic carbocycles. The van der Waals surface area contributed by atoms with Crippen molar-refractivity contribution < 1.29 is 14.3 Å². The Kier molecular flexibility index (Phi) is 5.97. The van der Waals surface area contributed by atoms with Gasteiger partial charge in [0.15, 0.2) is 6.10 Å². The molecule has 0 spiro atoms. The van der Waals surface area contributed by atoms with E-state index in [2.05, 4.69) is 25.2 Å². The summed E-state index contributed by atoms with van der Waals surface area (Å²) in [7, 11) is 0. The molecule has 1 aliphatic heterocycles. The molecule has 4 nitrogen and oxygen atoms in total. The second-order valence-electron chi connectivity index (χ2n) is 7.88.